The Hall–Kier alpha value is -0.820. The largest absolute Gasteiger partial charge is 0.396 e. The summed E-state index contributed by atoms with van der Waals surface area (Å²) >= 11 is 0. The predicted octanol–water partition coefficient (Wildman–Crippen LogP) is 1.33. The van der Waals surface area contributed by atoms with Gasteiger partial charge in [-0.25, -0.2) is 0 Å². The van der Waals surface area contributed by atoms with Crippen molar-refractivity contribution in [2.75, 3.05) is 6.61 Å². The summed E-state index contributed by atoms with van der Waals surface area (Å²) in [4.78, 5) is 0. The Morgan fingerprint density at radius 2 is 2.40 bits per heavy atom. The van der Waals surface area contributed by atoms with Crippen LogP contribution in [0.4, 0.5) is 0 Å². The van der Waals surface area contributed by atoms with Crippen LogP contribution in [0.1, 0.15) is 11.1 Å². The molecule has 0 aliphatic heterocycles. The first-order chi connectivity index (χ1) is 4.83. The zero-order valence-electron chi connectivity index (χ0n) is 6.09. The minimum Gasteiger partial charge on any atom is -0.396 e. The lowest BCUT2D eigenvalue weighted by Gasteiger charge is -1.97. The van der Waals surface area contributed by atoms with E-state index in [4.69, 9.17) is 5.11 Å². The van der Waals surface area contributed by atoms with Gasteiger partial charge in [0.2, 0.25) is 0 Å². The van der Waals surface area contributed by atoms with Crippen LogP contribution in [0.15, 0.2) is 18.2 Å². The van der Waals surface area contributed by atoms with Crippen molar-refractivity contribution in [1.82, 2.24) is 0 Å². The van der Waals surface area contributed by atoms with Gasteiger partial charge in [0, 0.05) is 6.61 Å². The zero-order valence-corrected chi connectivity index (χ0v) is 6.09. The van der Waals surface area contributed by atoms with Crippen molar-refractivity contribution in [1.29, 1.82) is 0 Å². The highest BCUT2D eigenvalue weighted by atomic mass is 16.2. The number of aliphatic hydroxyl groups is 1. The van der Waals surface area contributed by atoms with Crippen molar-refractivity contribution in [3.63, 3.8) is 0 Å². The first kappa shape index (κ1) is 7.29. The van der Waals surface area contributed by atoms with Gasteiger partial charge in [0.1, 0.15) is 0 Å². The van der Waals surface area contributed by atoms with E-state index in [2.05, 4.69) is 6.07 Å². The first-order valence-electron chi connectivity index (χ1n) is 3.41. The average molecular weight is 135 g/mol. The molecule has 0 atom stereocenters. The molecule has 53 valence electrons. The fourth-order valence-corrected chi connectivity index (χ4v) is 0.933. The molecule has 10 heavy (non-hydrogen) atoms. The number of hydrogen-bond acceptors (Lipinski definition) is 1. The normalized spacial score (nSPS) is 9.80. The second-order valence-electron chi connectivity index (χ2n) is 2.35. The molecule has 1 rings (SSSR count). The van der Waals surface area contributed by atoms with Crippen LogP contribution in [-0.4, -0.2) is 11.7 Å². The number of rotatable bonds is 2. The molecule has 0 aromatic heterocycles. The molecule has 1 aromatic carbocycles. The maximum absolute atomic E-state index is 8.60. The van der Waals surface area contributed by atoms with Gasteiger partial charge in [-0.2, -0.15) is 0 Å². The summed E-state index contributed by atoms with van der Waals surface area (Å²) in [5.74, 6) is 0. The van der Waals surface area contributed by atoms with E-state index >= 15 is 0 Å². The molecule has 0 aliphatic rings. The van der Waals surface area contributed by atoms with E-state index in [9.17, 15) is 0 Å². The third-order valence-corrected chi connectivity index (χ3v) is 1.41. The van der Waals surface area contributed by atoms with Gasteiger partial charge < -0.3 is 5.11 Å². The second kappa shape index (κ2) is 3.37. The van der Waals surface area contributed by atoms with Gasteiger partial charge in [-0.1, -0.05) is 18.2 Å². The van der Waals surface area contributed by atoms with Crippen molar-refractivity contribution in [2.45, 2.75) is 13.3 Å². The van der Waals surface area contributed by atoms with Crippen molar-refractivity contribution >= 4 is 0 Å². The van der Waals surface area contributed by atoms with Gasteiger partial charge in [-0.15, -0.1) is 0 Å². The first-order valence-corrected chi connectivity index (χ1v) is 3.41. The fraction of sp³-hybridized carbons (Fsp3) is 0.333. The van der Waals surface area contributed by atoms with Crippen LogP contribution >= 0.6 is 0 Å². The van der Waals surface area contributed by atoms with E-state index in [-0.39, 0.29) is 6.61 Å². The Bertz CT molecular complexity index is 206. The third-order valence-electron chi connectivity index (χ3n) is 1.41. The van der Waals surface area contributed by atoms with Crippen LogP contribution in [0.5, 0.6) is 0 Å². The molecule has 1 nitrogen and oxygen atoms in total. The Kier molecular flexibility index (Phi) is 2.46. The summed E-state index contributed by atoms with van der Waals surface area (Å²) in [7, 11) is 0. The monoisotopic (exact) mass is 135 g/mol. The van der Waals surface area contributed by atoms with E-state index < -0.39 is 0 Å². The van der Waals surface area contributed by atoms with E-state index in [1.165, 1.54) is 5.56 Å². The summed E-state index contributed by atoms with van der Waals surface area (Å²) in [5.41, 5.74) is 2.31. The van der Waals surface area contributed by atoms with Crippen LogP contribution in [0.3, 0.4) is 0 Å². The maximum atomic E-state index is 8.60. The molecule has 1 N–H and O–H groups in total. The molecule has 0 saturated heterocycles. The third kappa shape index (κ3) is 1.85. The topological polar surface area (TPSA) is 20.2 Å². The molecule has 0 amide bonds. The van der Waals surface area contributed by atoms with Crippen LogP contribution < -0.4 is 0 Å². The van der Waals surface area contributed by atoms with Gasteiger partial charge in [0.25, 0.3) is 0 Å². The van der Waals surface area contributed by atoms with Gasteiger partial charge >= 0.3 is 0 Å². The predicted molar refractivity (Wildman–Crippen MR) is 40.8 cm³/mol. The maximum Gasteiger partial charge on any atom is 0.0471 e. The highest BCUT2D eigenvalue weighted by Crippen LogP contribution is 2.02. The van der Waals surface area contributed by atoms with Crippen LogP contribution in [-0.2, 0) is 6.42 Å². The highest BCUT2D eigenvalue weighted by molar-refractivity contribution is 5.21. The van der Waals surface area contributed by atoms with E-state index in [1.807, 2.05) is 25.1 Å². The van der Waals surface area contributed by atoms with Gasteiger partial charge in [-0.05, 0) is 30.5 Å². The lowest BCUT2D eigenvalue weighted by atomic mass is 10.1. The van der Waals surface area contributed by atoms with E-state index in [1.54, 1.807) is 0 Å². The number of benzene rings is 1. The Labute approximate surface area is 61.3 Å². The molecule has 1 radical (unpaired) electrons. The highest BCUT2D eigenvalue weighted by Gasteiger charge is 1.89. The Morgan fingerprint density at radius 1 is 1.60 bits per heavy atom. The summed E-state index contributed by atoms with van der Waals surface area (Å²) < 4.78 is 0. The summed E-state index contributed by atoms with van der Waals surface area (Å²) in [5, 5.41) is 8.60. The Balaban J connectivity index is 2.75. The van der Waals surface area contributed by atoms with Crippen molar-refractivity contribution in [3.8, 4) is 0 Å². The smallest absolute Gasteiger partial charge is 0.0471 e. The van der Waals surface area contributed by atoms with Crippen LogP contribution in [0, 0.1) is 13.0 Å². The summed E-state index contributed by atoms with van der Waals surface area (Å²) in [6.07, 6.45) is 0.746. The summed E-state index contributed by atoms with van der Waals surface area (Å²) in [6.45, 7) is 2.23. The molecule has 0 heterocycles. The number of aryl methyl sites for hydroxylation is 1. The Morgan fingerprint density at radius 3 is 3.00 bits per heavy atom. The zero-order chi connectivity index (χ0) is 7.40. The van der Waals surface area contributed by atoms with E-state index in [0.29, 0.717) is 0 Å². The van der Waals surface area contributed by atoms with Crippen LogP contribution in [0.25, 0.3) is 0 Å². The van der Waals surface area contributed by atoms with Gasteiger partial charge in [-0.3, -0.25) is 0 Å². The standard InChI is InChI=1S/C9H11O/c1-8-3-2-4-9(7-8)5-6-10/h2,4,7,10H,5-6H2,1H3. The van der Waals surface area contributed by atoms with E-state index in [0.717, 1.165) is 12.0 Å². The molecule has 0 spiro atoms. The summed E-state index contributed by atoms with van der Waals surface area (Å²) in [6, 6.07) is 8.95. The van der Waals surface area contributed by atoms with Crippen molar-refractivity contribution in [3.05, 3.63) is 35.4 Å². The van der Waals surface area contributed by atoms with Gasteiger partial charge in [0.05, 0.1) is 0 Å². The molecule has 0 saturated carbocycles. The fourth-order valence-electron chi connectivity index (χ4n) is 0.933. The minimum absolute atomic E-state index is 0.226. The molecule has 0 aliphatic carbocycles. The molecule has 0 unspecified atom stereocenters. The quantitative estimate of drug-likeness (QED) is 0.648. The van der Waals surface area contributed by atoms with Crippen LogP contribution in [0.2, 0.25) is 0 Å². The van der Waals surface area contributed by atoms with Crippen molar-refractivity contribution in [2.24, 2.45) is 0 Å². The lowest BCUT2D eigenvalue weighted by Crippen LogP contribution is -1.89. The molecule has 0 bridgehead atoms. The molecule has 0 fully saturated rings. The lowest BCUT2D eigenvalue weighted by molar-refractivity contribution is 0.299. The second-order valence-corrected chi connectivity index (χ2v) is 2.35. The number of aliphatic hydroxyl groups excluding tert-OH is 1. The number of hydrogen-bond donors (Lipinski definition) is 1. The molecular formula is C9H11O. The van der Waals surface area contributed by atoms with Gasteiger partial charge in [0.15, 0.2) is 0 Å². The SMILES string of the molecule is Cc1[c]ccc(CCO)c1. The molecule has 1 aromatic rings. The average Bonchev–Trinajstić information content (AvgIpc) is 1.88. The minimum atomic E-state index is 0.226. The molecular weight excluding hydrogens is 124 g/mol. The molecule has 1 heteroatoms. The van der Waals surface area contributed by atoms with Crippen molar-refractivity contribution < 1.29 is 5.11 Å².